The molecule has 0 aromatic rings. The van der Waals surface area contributed by atoms with Crippen molar-refractivity contribution >= 4 is 11.8 Å². The first-order valence-electron chi connectivity index (χ1n) is 25.9. The van der Waals surface area contributed by atoms with Crippen LogP contribution >= 0.6 is 0 Å². The second-order valence-corrected chi connectivity index (χ2v) is 18.4. The monoisotopic (exact) mass is 791 g/mol. The summed E-state index contributed by atoms with van der Waals surface area (Å²) < 4.78 is 0. The Hall–Kier alpha value is -0.900. The van der Waals surface area contributed by atoms with Crippen LogP contribution in [0.5, 0.6) is 0 Å². The van der Waals surface area contributed by atoms with E-state index >= 15 is 0 Å². The van der Waals surface area contributed by atoms with Crippen molar-refractivity contribution in [1.82, 2.24) is 0 Å². The lowest BCUT2D eigenvalue weighted by Gasteiger charge is -2.23. The molecule has 4 heteroatoms. The summed E-state index contributed by atoms with van der Waals surface area (Å²) in [6, 6.07) is 0. The second kappa shape index (κ2) is 43.7. The molecule has 0 aromatic heterocycles. The molecule has 0 aliphatic carbocycles. The van der Waals surface area contributed by atoms with Gasteiger partial charge in [-0.3, -0.25) is 4.79 Å². The maximum absolute atomic E-state index is 13.2. The smallest absolute Gasteiger partial charge is 0.335 e. The van der Waals surface area contributed by atoms with Crippen LogP contribution < -0.4 is 0 Å². The minimum Gasteiger partial charge on any atom is -0.479 e. The van der Waals surface area contributed by atoms with Crippen LogP contribution in [0, 0.1) is 5.92 Å². The number of rotatable bonds is 48. The van der Waals surface area contributed by atoms with Crippen LogP contribution in [-0.4, -0.2) is 27.6 Å². The minimum absolute atomic E-state index is 0.270. The van der Waals surface area contributed by atoms with Crippen molar-refractivity contribution in [3.8, 4) is 0 Å². The van der Waals surface area contributed by atoms with Crippen LogP contribution in [0.3, 0.4) is 0 Å². The average Bonchev–Trinajstić information content (AvgIpc) is 3.19. The highest BCUT2D eigenvalue weighted by Gasteiger charge is 2.34. The van der Waals surface area contributed by atoms with E-state index in [0.29, 0.717) is 18.6 Å². The summed E-state index contributed by atoms with van der Waals surface area (Å²) in [6.45, 7) is 6.82. The Morgan fingerprint density at radius 2 is 0.589 bits per heavy atom. The molecule has 2 atom stereocenters. The summed E-state index contributed by atoms with van der Waals surface area (Å²) in [5, 5.41) is 20.7. The first-order chi connectivity index (χ1) is 27.4. The predicted octanol–water partition coefficient (Wildman–Crippen LogP) is 17.6. The molecule has 56 heavy (non-hydrogen) atoms. The minimum atomic E-state index is -1.55. The van der Waals surface area contributed by atoms with Crippen LogP contribution in [0.2, 0.25) is 0 Å². The van der Waals surface area contributed by atoms with E-state index < -0.39 is 11.6 Å². The Labute approximate surface area is 351 Å². The molecule has 0 aliphatic rings. The van der Waals surface area contributed by atoms with Crippen molar-refractivity contribution in [2.45, 2.75) is 315 Å². The lowest BCUT2D eigenvalue weighted by Crippen LogP contribution is -2.38. The summed E-state index contributed by atoms with van der Waals surface area (Å²) >= 11 is 0. The topological polar surface area (TPSA) is 74.6 Å². The van der Waals surface area contributed by atoms with Gasteiger partial charge in [-0.15, -0.1) is 0 Å². The van der Waals surface area contributed by atoms with Crippen LogP contribution in [-0.2, 0) is 9.59 Å². The lowest BCUT2D eigenvalue weighted by molar-refractivity contribution is -0.160. The number of unbranched alkanes of at least 4 members (excludes halogenated alkanes) is 36. The molecule has 334 valence electrons. The Balaban J connectivity index is 3.99. The molecule has 0 amide bonds. The normalized spacial score (nSPS) is 13.3. The van der Waals surface area contributed by atoms with E-state index in [1.54, 1.807) is 0 Å². The zero-order valence-electron chi connectivity index (χ0n) is 38.6. The van der Waals surface area contributed by atoms with Gasteiger partial charge in [0.2, 0.25) is 0 Å². The van der Waals surface area contributed by atoms with Gasteiger partial charge in [0.15, 0.2) is 5.60 Å². The van der Waals surface area contributed by atoms with Gasteiger partial charge >= 0.3 is 5.97 Å². The van der Waals surface area contributed by atoms with Gasteiger partial charge in [0, 0.05) is 12.3 Å². The number of hydrogen-bond acceptors (Lipinski definition) is 3. The third-order valence-corrected chi connectivity index (χ3v) is 12.9. The van der Waals surface area contributed by atoms with Crippen molar-refractivity contribution in [2.75, 3.05) is 0 Å². The van der Waals surface area contributed by atoms with Gasteiger partial charge in [-0.1, -0.05) is 258 Å². The number of aliphatic hydroxyl groups is 1. The van der Waals surface area contributed by atoms with Gasteiger partial charge in [0.25, 0.3) is 0 Å². The molecule has 2 unspecified atom stereocenters. The number of carbonyl (C=O) groups excluding carboxylic acids is 1. The number of ketones is 1. The van der Waals surface area contributed by atoms with Gasteiger partial charge < -0.3 is 10.2 Å². The number of hydrogen-bond donors (Lipinski definition) is 2. The second-order valence-electron chi connectivity index (χ2n) is 18.4. The summed E-state index contributed by atoms with van der Waals surface area (Å²) in [5.74, 6) is -0.228. The summed E-state index contributed by atoms with van der Waals surface area (Å²) in [4.78, 5) is 25.2. The number of carbonyl (C=O) groups is 2. The summed E-state index contributed by atoms with van der Waals surface area (Å²) in [6.07, 6.45) is 54.6. The maximum atomic E-state index is 13.2. The van der Waals surface area contributed by atoms with Crippen molar-refractivity contribution in [3.63, 3.8) is 0 Å². The fourth-order valence-electron chi connectivity index (χ4n) is 8.80. The molecule has 0 radical (unpaired) electrons. The van der Waals surface area contributed by atoms with Gasteiger partial charge in [-0.25, -0.2) is 4.79 Å². The molecule has 0 aromatic carbocycles. The maximum Gasteiger partial charge on any atom is 0.335 e. The highest BCUT2D eigenvalue weighted by atomic mass is 16.4. The van der Waals surface area contributed by atoms with Gasteiger partial charge in [-0.05, 0) is 44.9 Å². The molecule has 0 saturated heterocycles. The first-order valence-corrected chi connectivity index (χ1v) is 25.9. The lowest BCUT2D eigenvalue weighted by atomic mass is 9.88. The van der Waals surface area contributed by atoms with E-state index in [1.807, 2.05) is 0 Å². The van der Waals surface area contributed by atoms with E-state index in [9.17, 15) is 19.8 Å². The van der Waals surface area contributed by atoms with E-state index in [-0.39, 0.29) is 5.92 Å². The van der Waals surface area contributed by atoms with Crippen molar-refractivity contribution in [3.05, 3.63) is 0 Å². The Bertz CT molecular complexity index is 811. The van der Waals surface area contributed by atoms with Gasteiger partial charge in [-0.2, -0.15) is 0 Å². The van der Waals surface area contributed by atoms with E-state index in [4.69, 9.17) is 0 Å². The number of aliphatic carboxylic acids is 1. The third-order valence-electron chi connectivity index (χ3n) is 12.9. The molecule has 2 N–H and O–H groups in total. The molecular weight excluding hydrogens is 689 g/mol. The van der Waals surface area contributed by atoms with Crippen molar-refractivity contribution in [2.24, 2.45) is 5.92 Å². The predicted molar refractivity (Wildman–Crippen MR) is 246 cm³/mol. The largest absolute Gasteiger partial charge is 0.479 e. The van der Waals surface area contributed by atoms with Crippen molar-refractivity contribution in [1.29, 1.82) is 0 Å². The summed E-state index contributed by atoms with van der Waals surface area (Å²) in [7, 11) is 0. The molecule has 0 saturated carbocycles. The zero-order chi connectivity index (χ0) is 41.1. The van der Waals surface area contributed by atoms with Crippen LogP contribution in [0.1, 0.15) is 310 Å². The fraction of sp³-hybridized carbons (Fsp3) is 0.962. The number of carboxylic acids is 1. The Morgan fingerprint density at radius 3 is 0.875 bits per heavy atom. The van der Waals surface area contributed by atoms with Gasteiger partial charge in [0.1, 0.15) is 5.78 Å². The van der Waals surface area contributed by atoms with Crippen molar-refractivity contribution < 1.29 is 19.8 Å². The third kappa shape index (κ3) is 37.4. The Kier molecular flexibility index (Phi) is 43.0. The molecular formula is C52H102O4. The highest BCUT2D eigenvalue weighted by Crippen LogP contribution is 2.26. The molecule has 4 nitrogen and oxygen atoms in total. The quantitative estimate of drug-likeness (QED) is 0.0602. The van der Waals surface area contributed by atoms with E-state index in [2.05, 4.69) is 20.8 Å². The number of carboxylic acid groups (broad SMARTS) is 1. The molecule has 0 rings (SSSR count). The van der Waals surface area contributed by atoms with E-state index in [0.717, 1.165) is 70.6 Å². The highest BCUT2D eigenvalue weighted by molar-refractivity contribution is 5.80. The van der Waals surface area contributed by atoms with Crippen LogP contribution in [0.4, 0.5) is 0 Å². The SMILES string of the molecule is CCCCCCCCCCCCCCCCCC(=O)C(CCCCCC)CCCCCCCCCC(O)(CCCCCCCCCCCCCCCC)C(=O)O. The Morgan fingerprint density at radius 1 is 0.357 bits per heavy atom. The molecule has 0 spiro atoms. The molecule has 0 heterocycles. The molecule has 0 fully saturated rings. The van der Waals surface area contributed by atoms with Crippen LogP contribution in [0.25, 0.3) is 0 Å². The standard InChI is InChI=1S/C52H102O4/c1-4-7-10-13-15-17-19-21-23-24-26-28-32-36-41-46-50(53)49(44-39-12-9-6-3)45-40-35-31-30-34-38-43-48-52(56,51(54)55)47-42-37-33-29-27-25-22-20-18-16-14-11-8-5-2/h49,56H,4-48H2,1-3H3,(H,54,55). The summed E-state index contributed by atoms with van der Waals surface area (Å²) in [5.41, 5.74) is -1.55. The first kappa shape index (κ1) is 55.1. The fourth-order valence-corrected chi connectivity index (χ4v) is 8.80. The van der Waals surface area contributed by atoms with Crippen LogP contribution in [0.15, 0.2) is 0 Å². The zero-order valence-corrected chi connectivity index (χ0v) is 38.6. The van der Waals surface area contributed by atoms with Gasteiger partial charge in [0.05, 0.1) is 0 Å². The molecule has 0 aliphatic heterocycles. The van der Waals surface area contributed by atoms with E-state index in [1.165, 1.54) is 205 Å². The average molecular weight is 791 g/mol. The molecule has 0 bridgehead atoms. The number of Topliss-reactive ketones (excluding diaryl/α,β-unsaturated/α-hetero) is 1.